The molecule has 2 unspecified atom stereocenters. The summed E-state index contributed by atoms with van der Waals surface area (Å²) < 4.78 is 18.2. The highest BCUT2D eigenvalue weighted by atomic mass is 35.5. The van der Waals surface area contributed by atoms with Crippen molar-refractivity contribution in [1.82, 2.24) is 19.9 Å². The first kappa shape index (κ1) is 23.4. The van der Waals surface area contributed by atoms with Crippen LogP contribution in [0.3, 0.4) is 0 Å². The summed E-state index contributed by atoms with van der Waals surface area (Å²) in [6.45, 7) is 4.90. The van der Waals surface area contributed by atoms with E-state index in [4.69, 9.17) is 42.4 Å². The predicted molar refractivity (Wildman–Crippen MR) is 126 cm³/mol. The summed E-state index contributed by atoms with van der Waals surface area (Å²) in [7, 11) is 3.09. The number of methoxy groups -OCH3 is 2. The van der Waals surface area contributed by atoms with Gasteiger partial charge in [-0.25, -0.2) is 9.97 Å². The predicted octanol–water partition coefficient (Wildman–Crippen LogP) is 3.66. The van der Waals surface area contributed by atoms with Crippen LogP contribution in [0.15, 0.2) is 37.2 Å². The molecule has 3 aromatic rings. The van der Waals surface area contributed by atoms with Gasteiger partial charge < -0.3 is 24.1 Å². The third-order valence-corrected chi connectivity index (χ3v) is 6.55. The summed E-state index contributed by atoms with van der Waals surface area (Å²) >= 11 is 13.1. The van der Waals surface area contributed by atoms with Crippen molar-refractivity contribution < 1.29 is 19.0 Å². The molecule has 8 nitrogen and oxygen atoms in total. The minimum Gasteiger partial charge on any atom is -0.495 e. The number of nitrogens with one attached hydrogen (secondary N) is 1. The SMILES string of the molecule is C=CC(=O)NC1COCC1Cc1ncc2c(ccn2Cc2c(Cl)c(OC)cc(OC)c2Cl)n1. The molecule has 0 radical (unpaired) electrons. The summed E-state index contributed by atoms with van der Waals surface area (Å²) in [6.07, 6.45) is 5.54. The highest BCUT2D eigenvalue weighted by Gasteiger charge is 2.30. The summed E-state index contributed by atoms with van der Waals surface area (Å²) in [4.78, 5) is 20.9. The van der Waals surface area contributed by atoms with Gasteiger partial charge in [0, 0.05) is 30.2 Å². The van der Waals surface area contributed by atoms with Gasteiger partial charge in [-0.05, 0) is 12.1 Å². The van der Waals surface area contributed by atoms with Gasteiger partial charge in [0.25, 0.3) is 0 Å². The van der Waals surface area contributed by atoms with E-state index in [0.29, 0.717) is 59.1 Å². The third-order valence-electron chi connectivity index (χ3n) is 5.72. The fourth-order valence-corrected chi connectivity index (χ4v) is 4.55. The van der Waals surface area contributed by atoms with Gasteiger partial charge in [0.1, 0.15) is 17.3 Å². The van der Waals surface area contributed by atoms with E-state index in [1.165, 1.54) is 6.08 Å². The highest BCUT2D eigenvalue weighted by Crippen LogP contribution is 2.41. The van der Waals surface area contributed by atoms with Crippen molar-refractivity contribution in [2.45, 2.75) is 19.0 Å². The molecule has 33 heavy (non-hydrogen) atoms. The van der Waals surface area contributed by atoms with Crippen LogP contribution in [0, 0.1) is 5.92 Å². The topological polar surface area (TPSA) is 87.5 Å². The van der Waals surface area contributed by atoms with E-state index < -0.39 is 0 Å². The molecule has 2 atom stereocenters. The Morgan fingerprint density at radius 2 is 2.03 bits per heavy atom. The van der Waals surface area contributed by atoms with Gasteiger partial charge in [-0.3, -0.25) is 4.79 Å². The average molecular weight is 491 g/mol. The lowest BCUT2D eigenvalue weighted by Crippen LogP contribution is -2.39. The van der Waals surface area contributed by atoms with Gasteiger partial charge in [0.2, 0.25) is 5.91 Å². The first-order valence-electron chi connectivity index (χ1n) is 10.4. The largest absolute Gasteiger partial charge is 0.495 e. The Labute approximate surface area is 201 Å². The summed E-state index contributed by atoms with van der Waals surface area (Å²) in [5.74, 6) is 1.54. The lowest BCUT2D eigenvalue weighted by Gasteiger charge is -2.17. The van der Waals surface area contributed by atoms with Gasteiger partial charge in [-0.2, -0.15) is 0 Å². The molecule has 0 saturated carbocycles. The van der Waals surface area contributed by atoms with Crippen molar-refractivity contribution in [1.29, 1.82) is 0 Å². The van der Waals surface area contributed by atoms with E-state index in [0.717, 1.165) is 11.0 Å². The molecule has 1 fully saturated rings. The number of aromatic nitrogens is 3. The van der Waals surface area contributed by atoms with Crippen LogP contribution in [0.2, 0.25) is 10.0 Å². The lowest BCUT2D eigenvalue weighted by molar-refractivity contribution is -0.117. The Balaban J connectivity index is 1.57. The molecular formula is C23H24Cl2N4O4. The number of halogens is 2. The molecule has 0 bridgehead atoms. The zero-order valence-corrected chi connectivity index (χ0v) is 19.8. The van der Waals surface area contributed by atoms with Gasteiger partial charge in [0.15, 0.2) is 0 Å². The second-order valence-corrected chi connectivity index (χ2v) is 8.46. The third kappa shape index (κ3) is 4.78. The van der Waals surface area contributed by atoms with Gasteiger partial charge >= 0.3 is 0 Å². The fraction of sp³-hybridized carbons (Fsp3) is 0.348. The van der Waals surface area contributed by atoms with E-state index >= 15 is 0 Å². The number of benzene rings is 1. The fourth-order valence-electron chi connectivity index (χ4n) is 3.93. The standard InChI is InChI=1S/C23H24Cl2N4O4/c1-4-21(30)28-16-12-33-11-13(16)7-20-26-9-17-15(27-20)5-6-29(17)10-14-22(24)18(31-2)8-19(32-3)23(14)25/h4-6,8-9,13,16H,1,7,10-12H2,2-3H3,(H,28,30). The molecule has 1 N–H and O–H groups in total. The van der Waals surface area contributed by atoms with E-state index in [-0.39, 0.29) is 17.9 Å². The van der Waals surface area contributed by atoms with Crippen molar-refractivity contribution in [2.24, 2.45) is 5.92 Å². The van der Waals surface area contributed by atoms with Crippen molar-refractivity contribution in [2.75, 3.05) is 27.4 Å². The van der Waals surface area contributed by atoms with Crippen molar-refractivity contribution in [3.63, 3.8) is 0 Å². The van der Waals surface area contributed by atoms with E-state index in [9.17, 15) is 4.79 Å². The number of fused-ring (bicyclic) bond motifs is 1. The number of carbonyl (C=O) groups excluding carboxylic acids is 1. The number of hydrogen-bond acceptors (Lipinski definition) is 6. The van der Waals surface area contributed by atoms with Crippen LogP contribution in [-0.4, -0.2) is 53.9 Å². The van der Waals surface area contributed by atoms with E-state index in [2.05, 4.69) is 16.9 Å². The van der Waals surface area contributed by atoms with Crippen molar-refractivity contribution >= 4 is 40.1 Å². The summed E-state index contributed by atoms with van der Waals surface area (Å²) in [5, 5.41) is 3.76. The summed E-state index contributed by atoms with van der Waals surface area (Å²) in [5.41, 5.74) is 2.32. The molecule has 1 saturated heterocycles. The molecule has 10 heteroatoms. The van der Waals surface area contributed by atoms with E-state index in [1.54, 1.807) is 26.5 Å². The van der Waals surface area contributed by atoms with Gasteiger partial charge in [-0.1, -0.05) is 29.8 Å². The summed E-state index contributed by atoms with van der Waals surface area (Å²) in [6, 6.07) is 3.49. The number of nitrogens with zero attached hydrogens (tertiary/aromatic N) is 3. The highest BCUT2D eigenvalue weighted by molar-refractivity contribution is 6.37. The zero-order chi connectivity index (χ0) is 23.5. The maximum absolute atomic E-state index is 11.7. The normalized spacial score (nSPS) is 17.8. The van der Waals surface area contributed by atoms with Crippen LogP contribution >= 0.6 is 23.2 Å². The van der Waals surface area contributed by atoms with E-state index in [1.807, 2.05) is 16.8 Å². The number of hydrogen-bond donors (Lipinski definition) is 1. The quantitative estimate of drug-likeness (QED) is 0.484. The first-order valence-corrected chi connectivity index (χ1v) is 11.1. The van der Waals surface area contributed by atoms with Crippen molar-refractivity contribution in [3.05, 3.63) is 58.6 Å². The molecule has 1 aromatic carbocycles. The van der Waals surface area contributed by atoms with Crippen molar-refractivity contribution in [3.8, 4) is 11.5 Å². The molecule has 4 rings (SSSR count). The Hall–Kier alpha value is -2.81. The Morgan fingerprint density at radius 3 is 2.70 bits per heavy atom. The maximum Gasteiger partial charge on any atom is 0.243 e. The van der Waals surface area contributed by atoms with Crippen LogP contribution in [-0.2, 0) is 22.5 Å². The lowest BCUT2D eigenvalue weighted by atomic mass is 9.99. The molecule has 1 amide bonds. The smallest absolute Gasteiger partial charge is 0.243 e. The van der Waals surface area contributed by atoms with Gasteiger partial charge in [-0.15, -0.1) is 0 Å². The first-order chi connectivity index (χ1) is 15.9. The minimum absolute atomic E-state index is 0.0910. The second kappa shape index (κ2) is 9.99. The Morgan fingerprint density at radius 1 is 1.30 bits per heavy atom. The van der Waals surface area contributed by atoms with Crippen LogP contribution in [0.25, 0.3) is 11.0 Å². The van der Waals surface area contributed by atoms with Crippen LogP contribution in [0.1, 0.15) is 11.4 Å². The molecule has 1 aliphatic rings. The molecular weight excluding hydrogens is 467 g/mol. The molecule has 0 spiro atoms. The maximum atomic E-state index is 11.7. The average Bonchev–Trinajstić information content (AvgIpc) is 3.43. The molecule has 174 valence electrons. The molecule has 1 aliphatic heterocycles. The Kier molecular flexibility index (Phi) is 7.07. The van der Waals surface area contributed by atoms with Crippen LogP contribution in [0.4, 0.5) is 0 Å². The van der Waals surface area contributed by atoms with Gasteiger partial charge in [0.05, 0.1) is 67.3 Å². The number of amides is 1. The Bertz CT molecular complexity index is 1170. The van der Waals surface area contributed by atoms with Crippen LogP contribution in [0.5, 0.6) is 11.5 Å². The molecule has 0 aliphatic carbocycles. The second-order valence-electron chi connectivity index (χ2n) is 7.71. The zero-order valence-electron chi connectivity index (χ0n) is 18.3. The molecule has 3 heterocycles. The number of carbonyl (C=O) groups is 1. The van der Waals surface area contributed by atoms with Crippen LogP contribution < -0.4 is 14.8 Å². The monoisotopic (exact) mass is 490 g/mol. The minimum atomic E-state index is -0.213. The number of ether oxygens (including phenoxy) is 3. The number of rotatable bonds is 8. The molecule has 2 aromatic heterocycles.